The molecule has 8 heteroatoms. The molecule has 0 saturated carbocycles. The van der Waals surface area contributed by atoms with Gasteiger partial charge in [-0.3, -0.25) is 14.2 Å². The summed E-state index contributed by atoms with van der Waals surface area (Å²) in [6.45, 7) is 7.58. The van der Waals surface area contributed by atoms with Gasteiger partial charge in [-0.05, 0) is 51.8 Å². The van der Waals surface area contributed by atoms with Gasteiger partial charge in [0, 0.05) is 50.8 Å². The minimum absolute atomic E-state index is 0.0231. The SMILES string of the molecule is Cc1ccc(-c2csc3ncn(CC(=O)c4cc(C)n(C[C@@H]5CCCO5)c4C)c(=O)c23)s1. The second-order valence-corrected chi connectivity index (χ2v) is 10.5. The number of Topliss-reactive ketones (excluding diaryl/α,β-unsaturated/α-hetero) is 1. The molecule has 0 aromatic carbocycles. The highest BCUT2D eigenvalue weighted by atomic mass is 32.1. The van der Waals surface area contributed by atoms with Crippen LogP contribution in [0, 0.1) is 20.8 Å². The predicted molar refractivity (Wildman–Crippen MR) is 129 cm³/mol. The summed E-state index contributed by atoms with van der Waals surface area (Å²) in [4.78, 5) is 33.9. The van der Waals surface area contributed by atoms with Crippen molar-refractivity contribution in [2.45, 2.75) is 52.8 Å². The van der Waals surface area contributed by atoms with Crippen molar-refractivity contribution in [3.8, 4) is 10.4 Å². The second-order valence-electron chi connectivity index (χ2n) is 8.37. The number of ether oxygens (including phenoxy) is 1. The van der Waals surface area contributed by atoms with E-state index in [0.29, 0.717) is 15.8 Å². The second kappa shape index (κ2) is 8.42. The van der Waals surface area contributed by atoms with Gasteiger partial charge in [0.25, 0.3) is 5.56 Å². The van der Waals surface area contributed by atoms with Gasteiger partial charge in [0.2, 0.25) is 0 Å². The maximum absolute atomic E-state index is 13.3. The van der Waals surface area contributed by atoms with Crippen LogP contribution >= 0.6 is 22.7 Å². The van der Waals surface area contributed by atoms with Crippen molar-refractivity contribution < 1.29 is 9.53 Å². The average molecular weight is 468 g/mol. The number of nitrogens with zero attached hydrogens (tertiary/aromatic N) is 3. The van der Waals surface area contributed by atoms with E-state index in [1.165, 1.54) is 27.1 Å². The van der Waals surface area contributed by atoms with Crippen molar-refractivity contribution in [3.05, 3.63) is 62.1 Å². The molecule has 0 radical (unpaired) electrons. The van der Waals surface area contributed by atoms with Gasteiger partial charge in [0.15, 0.2) is 5.78 Å². The van der Waals surface area contributed by atoms with Gasteiger partial charge >= 0.3 is 0 Å². The van der Waals surface area contributed by atoms with Crippen LogP contribution in [0.1, 0.15) is 39.5 Å². The standard InChI is InChI=1S/C24H25N3O3S2/c1-14-9-18(16(3)27(14)10-17-5-4-8-30-17)20(28)11-26-13-25-23-22(24(26)29)19(12-31-23)21-7-6-15(2)32-21/h6-7,9,12-13,17H,4-5,8,10-11H2,1-3H3/t17-/m0/s1. The lowest BCUT2D eigenvalue weighted by molar-refractivity contribution is 0.0948. The number of aryl methyl sites for hydroxylation is 2. The molecule has 1 aliphatic heterocycles. The van der Waals surface area contributed by atoms with Gasteiger partial charge in [-0.2, -0.15) is 0 Å². The van der Waals surface area contributed by atoms with Crippen molar-refractivity contribution in [2.75, 3.05) is 6.61 Å². The van der Waals surface area contributed by atoms with Gasteiger partial charge in [-0.15, -0.1) is 22.7 Å². The van der Waals surface area contributed by atoms with Crippen molar-refractivity contribution in [3.63, 3.8) is 0 Å². The van der Waals surface area contributed by atoms with Crippen LogP contribution < -0.4 is 5.56 Å². The Morgan fingerprint density at radius 1 is 1.28 bits per heavy atom. The van der Waals surface area contributed by atoms with Crippen molar-refractivity contribution >= 4 is 38.7 Å². The molecular formula is C24H25N3O3S2. The normalized spacial score (nSPS) is 16.3. The van der Waals surface area contributed by atoms with E-state index >= 15 is 0 Å². The number of hydrogen-bond acceptors (Lipinski definition) is 6. The lowest BCUT2D eigenvalue weighted by Gasteiger charge is -2.14. The van der Waals surface area contributed by atoms with Crippen LogP contribution in [-0.2, 0) is 17.8 Å². The number of hydrogen-bond donors (Lipinski definition) is 0. The molecule has 166 valence electrons. The Morgan fingerprint density at radius 2 is 2.12 bits per heavy atom. The Kier molecular flexibility index (Phi) is 5.61. The molecule has 0 N–H and O–H groups in total. The summed E-state index contributed by atoms with van der Waals surface area (Å²) >= 11 is 3.12. The van der Waals surface area contributed by atoms with Gasteiger partial charge in [-0.1, -0.05) is 0 Å². The average Bonchev–Trinajstić information content (AvgIpc) is 3.55. The molecule has 32 heavy (non-hydrogen) atoms. The molecule has 5 heterocycles. The zero-order valence-corrected chi connectivity index (χ0v) is 20.0. The minimum Gasteiger partial charge on any atom is -0.376 e. The Morgan fingerprint density at radius 3 is 2.84 bits per heavy atom. The highest BCUT2D eigenvalue weighted by Crippen LogP contribution is 2.35. The third-order valence-electron chi connectivity index (χ3n) is 6.16. The molecule has 5 rings (SSSR count). The summed E-state index contributed by atoms with van der Waals surface area (Å²) in [5.74, 6) is -0.0799. The van der Waals surface area contributed by atoms with E-state index < -0.39 is 0 Å². The first-order valence-corrected chi connectivity index (χ1v) is 12.5. The number of carbonyl (C=O) groups is 1. The first-order valence-electron chi connectivity index (χ1n) is 10.8. The number of aromatic nitrogens is 3. The molecule has 4 aromatic rings. The molecule has 0 unspecified atom stereocenters. The fourth-order valence-corrected chi connectivity index (χ4v) is 6.30. The molecular weight excluding hydrogens is 442 g/mol. The van der Waals surface area contributed by atoms with Gasteiger partial charge in [0.05, 0.1) is 24.4 Å². The maximum atomic E-state index is 13.3. The van der Waals surface area contributed by atoms with E-state index in [0.717, 1.165) is 47.8 Å². The Hall–Kier alpha value is -2.55. The Bertz CT molecular complexity index is 1370. The molecule has 0 aliphatic carbocycles. The van der Waals surface area contributed by atoms with Crippen molar-refractivity contribution in [1.29, 1.82) is 0 Å². The highest BCUT2D eigenvalue weighted by Gasteiger charge is 2.22. The molecule has 6 nitrogen and oxygen atoms in total. The molecule has 1 atom stereocenters. The minimum atomic E-state index is -0.168. The van der Waals surface area contributed by atoms with E-state index in [1.807, 2.05) is 44.4 Å². The first kappa shape index (κ1) is 21.3. The van der Waals surface area contributed by atoms with Crippen LogP contribution in [0.2, 0.25) is 0 Å². The molecule has 0 amide bonds. The van der Waals surface area contributed by atoms with Crippen LogP contribution in [0.5, 0.6) is 0 Å². The number of ketones is 1. The summed E-state index contributed by atoms with van der Waals surface area (Å²) in [6, 6.07) is 6.01. The smallest absolute Gasteiger partial charge is 0.263 e. The number of thiophene rings is 2. The van der Waals surface area contributed by atoms with Crippen LogP contribution in [0.15, 0.2) is 34.7 Å². The highest BCUT2D eigenvalue weighted by molar-refractivity contribution is 7.19. The Balaban J connectivity index is 1.45. The quantitative estimate of drug-likeness (QED) is 0.375. The van der Waals surface area contributed by atoms with Gasteiger partial charge in [-0.25, -0.2) is 4.98 Å². The van der Waals surface area contributed by atoms with E-state index in [2.05, 4.69) is 9.55 Å². The van der Waals surface area contributed by atoms with Gasteiger partial charge < -0.3 is 9.30 Å². The lowest BCUT2D eigenvalue weighted by Crippen LogP contribution is -2.25. The monoisotopic (exact) mass is 467 g/mol. The summed E-state index contributed by atoms with van der Waals surface area (Å²) in [5.41, 5.74) is 3.36. The largest absolute Gasteiger partial charge is 0.376 e. The van der Waals surface area contributed by atoms with Crippen LogP contribution in [0.4, 0.5) is 0 Å². The predicted octanol–water partition coefficient (Wildman–Crippen LogP) is 4.98. The number of carbonyl (C=O) groups excluding carboxylic acids is 1. The molecule has 1 fully saturated rings. The van der Waals surface area contributed by atoms with E-state index in [9.17, 15) is 9.59 Å². The summed E-state index contributed by atoms with van der Waals surface area (Å²) in [5, 5.41) is 2.57. The zero-order valence-electron chi connectivity index (χ0n) is 18.4. The van der Waals surface area contributed by atoms with Crippen LogP contribution in [0.25, 0.3) is 20.7 Å². The zero-order chi connectivity index (χ0) is 22.4. The topological polar surface area (TPSA) is 66.1 Å². The van der Waals surface area contributed by atoms with Gasteiger partial charge in [0.1, 0.15) is 4.83 Å². The number of fused-ring (bicyclic) bond motifs is 1. The summed E-state index contributed by atoms with van der Waals surface area (Å²) in [7, 11) is 0. The summed E-state index contributed by atoms with van der Waals surface area (Å²) < 4.78 is 9.37. The third kappa shape index (κ3) is 3.76. The van der Waals surface area contributed by atoms with E-state index in [-0.39, 0.29) is 24.0 Å². The maximum Gasteiger partial charge on any atom is 0.263 e. The third-order valence-corrected chi connectivity index (χ3v) is 8.09. The van der Waals surface area contributed by atoms with E-state index in [4.69, 9.17) is 4.74 Å². The Labute approximate surface area is 194 Å². The molecule has 0 spiro atoms. The first-order chi connectivity index (χ1) is 15.4. The molecule has 1 saturated heterocycles. The lowest BCUT2D eigenvalue weighted by atomic mass is 10.1. The van der Waals surface area contributed by atoms with Crippen LogP contribution in [0.3, 0.4) is 0 Å². The summed E-state index contributed by atoms with van der Waals surface area (Å²) in [6.07, 6.45) is 3.83. The number of rotatable bonds is 6. The van der Waals surface area contributed by atoms with Crippen molar-refractivity contribution in [2.24, 2.45) is 0 Å². The molecule has 0 bridgehead atoms. The van der Waals surface area contributed by atoms with E-state index in [1.54, 1.807) is 11.3 Å². The van der Waals surface area contributed by atoms with Crippen molar-refractivity contribution in [1.82, 2.24) is 14.1 Å². The van der Waals surface area contributed by atoms with Crippen LogP contribution in [-0.4, -0.2) is 32.6 Å². The molecule has 1 aliphatic rings. The fourth-order valence-electron chi connectivity index (χ4n) is 4.44. The molecule has 4 aromatic heterocycles. The fraction of sp³-hybridized carbons (Fsp3) is 0.375.